The van der Waals surface area contributed by atoms with Gasteiger partial charge in [-0.1, -0.05) is 26.0 Å². The van der Waals surface area contributed by atoms with Gasteiger partial charge in [0.15, 0.2) is 5.65 Å². The molecule has 4 atom stereocenters. The minimum Gasteiger partial charge on any atom is -0.379 e. The van der Waals surface area contributed by atoms with E-state index in [-0.39, 0.29) is 48.7 Å². The highest BCUT2D eigenvalue weighted by Crippen LogP contribution is 2.42. The van der Waals surface area contributed by atoms with Crippen LogP contribution in [0.5, 0.6) is 0 Å². The van der Waals surface area contributed by atoms with Crippen LogP contribution in [0.3, 0.4) is 0 Å². The smallest absolute Gasteiger partial charge is 0.350 e. The lowest BCUT2D eigenvalue weighted by Gasteiger charge is -2.43. The number of fused-ring (bicyclic) bond motifs is 3. The molecule has 0 aliphatic carbocycles. The summed E-state index contributed by atoms with van der Waals surface area (Å²) in [5, 5.41) is 8.45. The van der Waals surface area contributed by atoms with Gasteiger partial charge in [-0.05, 0) is 37.6 Å². The maximum absolute atomic E-state index is 14.4. The van der Waals surface area contributed by atoms with Gasteiger partial charge in [-0.2, -0.15) is 0 Å². The third kappa shape index (κ3) is 6.68. The molecule has 1 aromatic carbocycles. The number of hydrogen-bond donors (Lipinski definition) is 1. The van der Waals surface area contributed by atoms with E-state index in [9.17, 15) is 14.0 Å². The molecule has 1 amide bonds. The van der Waals surface area contributed by atoms with Crippen LogP contribution < -0.4 is 15.9 Å². The second-order valence-electron chi connectivity index (χ2n) is 14.6. The van der Waals surface area contributed by atoms with E-state index in [4.69, 9.17) is 19.3 Å². The Hall–Kier alpha value is -3.20. The van der Waals surface area contributed by atoms with E-state index in [1.807, 2.05) is 11.0 Å². The van der Waals surface area contributed by atoms with Gasteiger partial charge >= 0.3 is 5.69 Å². The van der Waals surface area contributed by atoms with Crippen molar-refractivity contribution in [2.24, 2.45) is 0 Å². The topological polar surface area (TPSA) is 106 Å². The Labute approximate surface area is 280 Å². The predicted octanol–water partition coefficient (Wildman–Crippen LogP) is 1.65. The minimum absolute atomic E-state index is 0.0104. The molecular weight excluding hydrogens is 617 g/mol. The third-order valence-electron chi connectivity index (χ3n) is 10.3. The number of carbonyl (C=O) groups is 1. The van der Waals surface area contributed by atoms with Gasteiger partial charge in [0, 0.05) is 68.2 Å². The van der Waals surface area contributed by atoms with Crippen molar-refractivity contribution >= 4 is 17.2 Å². The number of halogens is 1. The van der Waals surface area contributed by atoms with Crippen molar-refractivity contribution in [2.45, 2.75) is 70.3 Å². The maximum atomic E-state index is 14.4. The van der Waals surface area contributed by atoms with Crippen molar-refractivity contribution in [2.75, 3.05) is 77.2 Å². The fraction of sp³-hybridized carbons (Fsp3) is 0.629. The quantitative estimate of drug-likeness (QED) is 0.385. The zero-order chi connectivity index (χ0) is 33.6. The number of carbonyl (C=O) groups excluding carboxylic acids is 1. The fourth-order valence-corrected chi connectivity index (χ4v) is 7.74. The summed E-state index contributed by atoms with van der Waals surface area (Å²) in [7, 11) is 0. The summed E-state index contributed by atoms with van der Waals surface area (Å²) in [5.41, 5.74) is 2.94. The molecule has 0 spiro atoms. The number of piperazine rings is 1. The summed E-state index contributed by atoms with van der Waals surface area (Å²) in [6, 6.07) is 9.17. The second kappa shape index (κ2) is 13.6. The van der Waals surface area contributed by atoms with Crippen molar-refractivity contribution < 1.29 is 23.4 Å². The number of hydrogen-bond acceptors (Lipinski definition) is 9. The summed E-state index contributed by atoms with van der Waals surface area (Å²) in [5.74, 6) is -0.300. The molecule has 6 heterocycles. The van der Waals surface area contributed by atoms with Crippen LogP contribution in [0.25, 0.3) is 5.65 Å². The van der Waals surface area contributed by atoms with Gasteiger partial charge in [-0.15, -0.1) is 5.10 Å². The van der Waals surface area contributed by atoms with Crippen molar-refractivity contribution in [1.82, 2.24) is 29.3 Å². The Morgan fingerprint density at radius 3 is 2.60 bits per heavy atom. The average molecular weight is 666 g/mol. The number of rotatable bonds is 8. The van der Waals surface area contributed by atoms with Crippen LogP contribution in [0.15, 0.2) is 35.1 Å². The summed E-state index contributed by atoms with van der Waals surface area (Å²) >= 11 is 0. The summed E-state index contributed by atoms with van der Waals surface area (Å²) < 4.78 is 34.1. The molecule has 3 aromatic rings. The van der Waals surface area contributed by atoms with E-state index in [1.54, 1.807) is 16.5 Å². The SMILES string of the molecule is C[C@@H]1CN(CC(=O)N2CC(C)(C)c3c2cc(Cc2ccc(F)cc2)c2nn(C[C@H]4COCCO4)c(=O)n32)[C@@H](CN2CCOC[C@H]2C)CN1. The Kier molecular flexibility index (Phi) is 9.44. The number of benzene rings is 1. The number of nitrogens with one attached hydrogen (secondary N) is 1. The molecule has 3 saturated heterocycles. The van der Waals surface area contributed by atoms with Crippen LogP contribution in [0.1, 0.15) is 44.5 Å². The molecule has 0 unspecified atom stereocenters. The normalized spacial score (nSPS) is 26.6. The Morgan fingerprint density at radius 1 is 1.06 bits per heavy atom. The van der Waals surface area contributed by atoms with Gasteiger partial charge in [0.05, 0.1) is 57.5 Å². The number of anilines is 1. The molecule has 12 nitrogen and oxygen atoms in total. The van der Waals surface area contributed by atoms with Gasteiger partial charge < -0.3 is 24.4 Å². The molecule has 48 heavy (non-hydrogen) atoms. The van der Waals surface area contributed by atoms with Crippen LogP contribution in [-0.2, 0) is 37.4 Å². The third-order valence-corrected chi connectivity index (χ3v) is 10.3. The molecule has 1 N–H and O–H groups in total. The lowest BCUT2D eigenvalue weighted by Crippen LogP contribution is -2.62. The minimum atomic E-state index is -0.515. The molecular formula is C35H48FN7O5. The number of amides is 1. The largest absolute Gasteiger partial charge is 0.379 e. The van der Waals surface area contributed by atoms with E-state index in [2.05, 4.69) is 42.8 Å². The summed E-state index contributed by atoms with van der Waals surface area (Å²) in [4.78, 5) is 35.2. The first kappa shape index (κ1) is 33.3. The number of morpholine rings is 1. The first-order chi connectivity index (χ1) is 23.1. The van der Waals surface area contributed by atoms with Gasteiger partial charge in [0.1, 0.15) is 11.9 Å². The van der Waals surface area contributed by atoms with E-state index >= 15 is 0 Å². The van der Waals surface area contributed by atoms with Crippen LogP contribution in [0, 0.1) is 5.82 Å². The van der Waals surface area contributed by atoms with Crippen LogP contribution in [0.2, 0.25) is 0 Å². The molecule has 13 heteroatoms. The van der Waals surface area contributed by atoms with Gasteiger partial charge in [0.2, 0.25) is 5.91 Å². The lowest BCUT2D eigenvalue weighted by molar-refractivity contribution is -0.121. The predicted molar refractivity (Wildman–Crippen MR) is 179 cm³/mol. The number of ether oxygens (including phenoxy) is 3. The Bertz CT molecular complexity index is 1680. The monoisotopic (exact) mass is 665 g/mol. The standard InChI is InChI=1S/C35H48FN7O5/c1-23-16-40(28(15-37-23)17-39-9-10-46-20-24(39)2)19-31(44)41-22-35(3,4)32-30(41)14-26(13-25-5-7-27(36)8-6-25)33-38-42(34(45)43(32)33)18-29-21-47-11-12-48-29/h5-8,14,23-24,28-29,37H,9-13,15-22H2,1-4H3/t23-,24-,28-,29+/m1/s1. The first-order valence-corrected chi connectivity index (χ1v) is 17.3. The van der Waals surface area contributed by atoms with Gasteiger partial charge in [0.25, 0.3) is 0 Å². The van der Waals surface area contributed by atoms with Crippen molar-refractivity contribution in [3.63, 3.8) is 0 Å². The van der Waals surface area contributed by atoms with Gasteiger partial charge in [-0.3, -0.25) is 14.6 Å². The zero-order valence-electron chi connectivity index (χ0n) is 28.5. The van der Waals surface area contributed by atoms with Crippen molar-refractivity contribution in [1.29, 1.82) is 0 Å². The molecule has 3 fully saturated rings. The fourth-order valence-electron chi connectivity index (χ4n) is 7.74. The molecule has 7 rings (SSSR count). The van der Waals surface area contributed by atoms with Crippen LogP contribution >= 0.6 is 0 Å². The van der Waals surface area contributed by atoms with E-state index in [0.29, 0.717) is 44.5 Å². The molecule has 4 aliphatic rings. The highest BCUT2D eigenvalue weighted by atomic mass is 19.1. The maximum Gasteiger partial charge on any atom is 0.350 e. The average Bonchev–Trinajstić information content (AvgIpc) is 3.53. The first-order valence-electron chi connectivity index (χ1n) is 17.3. The zero-order valence-corrected chi connectivity index (χ0v) is 28.5. The van der Waals surface area contributed by atoms with Crippen LogP contribution in [-0.4, -0.2) is 126 Å². The van der Waals surface area contributed by atoms with E-state index in [1.165, 1.54) is 16.8 Å². The second-order valence-corrected chi connectivity index (χ2v) is 14.6. The Morgan fingerprint density at radius 2 is 1.85 bits per heavy atom. The molecule has 0 radical (unpaired) electrons. The summed E-state index contributed by atoms with van der Waals surface area (Å²) in [6.45, 7) is 15.7. The highest BCUT2D eigenvalue weighted by molar-refractivity contribution is 5.98. The Balaban J connectivity index is 1.24. The molecule has 0 saturated carbocycles. The van der Waals surface area contributed by atoms with Crippen molar-refractivity contribution in [3.05, 3.63) is 63.5 Å². The summed E-state index contributed by atoms with van der Waals surface area (Å²) in [6.07, 6.45) is 0.143. The van der Waals surface area contributed by atoms with Gasteiger partial charge in [-0.25, -0.2) is 18.3 Å². The van der Waals surface area contributed by atoms with Crippen LogP contribution in [0.4, 0.5) is 10.1 Å². The number of nitrogens with zero attached hydrogens (tertiary/aromatic N) is 6. The van der Waals surface area contributed by atoms with E-state index < -0.39 is 5.41 Å². The molecule has 2 aromatic heterocycles. The van der Waals surface area contributed by atoms with E-state index in [0.717, 1.165) is 61.9 Å². The number of aromatic nitrogens is 3. The molecule has 260 valence electrons. The number of pyridine rings is 1. The lowest BCUT2D eigenvalue weighted by atomic mass is 9.90. The highest BCUT2D eigenvalue weighted by Gasteiger charge is 2.43. The van der Waals surface area contributed by atoms with Crippen molar-refractivity contribution in [3.8, 4) is 0 Å². The molecule has 0 bridgehead atoms. The molecule has 4 aliphatic heterocycles.